The number of methoxy groups -OCH3 is 1. The van der Waals surface area contributed by atoms with Crippen LogP contribution >= 0.6 is 0 Å². The highest BCUT2D eigenvalue weighted by atomic mass is 16.5. The van der Waals surface area contributed by atoms with Crippen LogP contribution in [0.1, 0.15) is 29.7 Å². The summed E-state index contributed by atoms with van der Waals surface area (Å²) in [6.07, 6.45) is 7.60. The molecule has 1 atom stereocenters. The van der Waals surface area contributed by atoms with Crippen molar-refractivity contribution in [3.63, 3.8) is 0 Å². The number of ether oxygens (including phenoxy) is 1. The van der Waals surface area contributed by atoms with Crippen molar-refractivity contribution in [1.29, 1.82) is 0 Å². The minimum atomic E-state index is 0.0208. The lowest BCUT2D eigenvalue weighted by molar-refractivity contribution is 0.414. The lowest BCUT2D eigenvalue weighted by atomic mass is 10.0. The summed E-state index contributed by atoms with van der Waals surface area (Å²) in [4.78, 5) is 12.2. The molecule has 0 amide bonds. The van der Waals surface area contributed by atoms with Gasteiger partial charge < -0.3 is 20.8 Å². The van der Waals surface area contributed by atoms with Gasteiger partial charge in [-0.25, -0.2) is 9.97 Å². The van der Waals surface area contributed by atoms with Crippen LogP contribution in [0.2, 0.25) is 0 Å². The largest absolute Gasteiger partial charge is 0.496 e. The molecule has 0 aliphatic rings. The molecule has 1 unspecified atom stereocenters. The summed E-state index contributed by atoms with van der Waals surface area (Å²) in [5.41, 5.74) is 12.0. The normalized spacial score (nSPS) is 12.5. The molecule has 0 saturated heterocycles. The van der Waals surface area contributed by atoms with Crippen LogP contribution in [0.3, 0.4) is 0 Å². The Kier molecular flexibility index (Phi) is 5.50. The van der Waals surface area contributed by atoms with Gasteiger partial charge in [0.1, 0.15) is 17.9 Å². The topological polar surface area (TPSA) is 88.9 Å². The Morgan fingerprint density at radius 3 is 2.64 bits per heavy atom. The van der Waals surface area contributed by atoms with E-state index in [2.05, 4.69) is 68.8 Å². The average Bonchev–Trinajstić information content (AvgIpc) is 3.30. The maximum Gasteiger partial charge on any atom is 0.141 e. The summed E-state index contributed by atoms with van der Waals surface area (Å²) < 4.78 is 5.64. The van der Waals surface area contributed by atoms with Crippen LogP contribution < -0.4 is 15.8 Å². The van der Waals surface area contributed by atoms with Gasteiger partial charge in [0.05, 0.1) is 12.6 Å². The second-order valence-corrected chi connectivity index (χ2v) is 8.03. The number of nitrogens with two attached hydrogens (primary N) is 1. The van der Waals surface area contributed by atoms with Gasteiger partial charge in [0, 0.05) is 45.8 Å². The number of nitrogens with zero attached hydrogens (tertiary/aromatic N) is 2. The predicted octanol–water partition coefficient (Wildman–Crippen LogP) is 6.05. The smallest absolute Gasteiger partial charge is 0.141 e. The van der Waals surface area contributed by atoms with E-state index in [4.69, 9.17) is 10.5 Å². The molecule has 0 fully saturated rings. The Balaban J connectivity index is 1.50. The Morgan fingerprint density at radius 1 is 1.00 bits per heavy atom. The SMILES string of the molecule is COc1cc2ncnc(Nc3ccc4[nH]ccc4c3)c2cc1C=Cc1ccc(C(C)N)cc1. The molecule has 6 nitrogen and oxygen atoms in total. The van der Waals surface area contributed by atoms with Gasteiger partial charge in [-0.05, 0) is 48.4 Å². The maximum atomic E-state index is 5.96. The van der Waals surface area contributed by atoms with Crippen LogP contribution in [0.5, 0.6) is 5.75 Å². The first-order chi connectivity index (χ1) is 16.1. The van der Waals surface area contributed by atoms with Crippen molar-refractivity contribution < 1.29 is 4.74 Å². The third-order valence-corrected chi connectivity index (χ3v) is 5.72. The molecule has 0 aliphatic carbocycles. The molecule has 33 heavy (non-hydrogen) atoms. The van der Waals surface area contributed by atoms with Crippen LogP contribution in [0, 0.1) is 0 Å². The van der Waals surface area contributed by atoms with Gasteiger partial charge in [-0.2, -0.15) is 0 Å². The third kappa shape index (κ3) is 4.29. The van der Waals surface area contributed by atoms with E-state index in [0.29, 0.717) is 0 Å². The fourth-order valence-corrected chi connectivity index (χ4v) is 3.87. The number of hydrogen-bond acceptors (Lipinski definition) is 5. The molecule has 5 rings (SSSR count). The molecule has 164 valence electrons. The number of hydrogen-bond donors (Lipinski definition) is 3. The number of aromatic nitrogens is 3. The number of anilines is 2. The van der Waals surface area contributed by atoms with Crippen LogP contribution in [0.15, 0.2) is 73.2 Å². The van der Waals surface area contributed by atoms with Crippen molar-refractivity contribution in [2.75, 3.05) is 12.4 Å². The third-order valence-electron chi connectivity index (χ3n) is 5.72. The van der Waals surface area contributed by atoms with Gasteiger partial charge in [0.25, 0.3) is 0 Å². The van der Waals surface area contributed by atoms with E-state index in [9.17, 15) is 0 Å². The average molecular weight is 436 g/mol. The molecule has 2 heterocycles. The Labute approximate surface area is 192 Å². The molecular weight excluding hydrogens is 410 g/mol. The summed E-state index contributed by atoms with van der Waals surface area (Å²) in [5.74, 6) is 1.50. The lowest BCUT2D eigenvalue weighted by Gasteiger charge is -2.12. The first-order valence-corrected chi connectivity index (χ1v) is 10.8. The summed E-state index contributed by atoms with van der Waals surface area (Å²) in [5, 5.41) is 5.50. The Morgan fingerprint density at radius 2 is 1.85 bits per heavy atom. The van der Waals surface area contributed by atoms with E-state index in [0.717, 1.165) is 55.8 Å². The molecule has 6 heteroatoms. The fraction of sp³-hybridized carbons (Fsp3) is 0.111. The summed E-state index contributed by atoms with van der Waals surface area (Å²) in [6.45, 7) is 1.98. The van der Waals surface area contributed by atoms with Crippen molar-refractivity contribution in [3.05, 3.63) is 89.9 Å². The predicted molar refractivity (Wildman–Crippen MR) is 136 cm³/mol. The van der Waals surface area contributed by atoms with Crippen molar-refractivity contribution >= 4 is 45.5 Å². The minimum absolute atomic E-state index is 0.0208. The molecule has 0 saturated carbocycles. The van der Waals surface area contributed by atoms with Crippen LogP contribution in [0.25, 0.3) is 34.0 Å². The summed E-state index contributed by atoms with van der Waals surface area (Å²) in [6, 6.07) is 20.5. The molecule has 5 aromatic rings. The molecule has 0 aliphatic heterocycles. The van der Waals surface area contributed by atoms with E-state index < -0.39 is 0 Å². The zero-order chi connectivity index (χ0) is 22.8. The second kappa shape index (κ2) is 8.76. The number of fused-ring (bicyclic) bond motifs is 2. The van der Waals surface area contributed by atoms with Crippen LogP contribution in [0.4, 0.5) is 11.5 Å². The van der Waals surface area contributed by atoms with Crippen molar-refractivity contribution in [3.8, 4) is 5.75 Å². The number of H-pyrrole nitrogens is 1. The first-order valence-electron chi connectivity index (χ1n) is 10.8. The van der Waals surface area contributed by atoms with Gasteiger partial charge in [0.15, 0.2) is 0 Å². The zero-order valence-corrected chi connectivity index (χ0v) is 18.5. The maximum absolute atomic E-state index is 5.96. The minimum Gasteiger partial charge on any atom is -0.496 e. The highest BCUT2D eigenvalue weighted by molar-refractivity contribution is 5.95. The number of nitrogens with one attached hydrogen (secondary N) is 2. The van der Waals surface area contributed by atoms with E-state index >= 15 is 0 Å². The number of aromatic amines is 1. The molecule has 2 aromatic heterocycles. The van der Waals surface area contributed by atoms with Crippen molar-refractivity contribution in [2.24, 2.45) is 5.73 Å². The van der Waals surface area contributed by atoms with E-state index in [1.165, 1.54) is 0 Å². The summed E-state index contributed by atoms with van der Waals surface area (Å²) in [7, 11) is 1.67. The molecular formula is C27H25N5O. The van der Waals surface area contributed by atoms with Crippen molar-refractivity contribution in [1.82, 2.24) is 15.0 Å². The van der Waals surface area contributed by atoms with Gasteiger partial charge in [-0.1, -0.05) is 36.4 Å². The molecule has 4 N–H and O–H groups in total. The highest BCUT2D eigenvalue weighted by Crippen LogP contribution is 2.31. The highest BCUT2D eigenvalue weighted by Gasteiger charge is 2.10. The second-order valence-electron chi connectivity index (χ2n) is 8.03. The summed E-state index contributed by atoms with van der Waals surface area (Å²) >= 11 is 0. The Bertz CT molecular complexity index is 1450. The van der Waals surface area contributed by atoms with Crippen molar-refractivity contribution in [2.45, 2.75) is 13.0 Å². The number of rotatable bonds is 6. The van der Waals surface area contributed by atoms with Crippen LogP contribution in [-0.4, -0.2) is 22.1 Å². The zero-order valence-electron chi connectivity index (χ0n) is 18.5. The van der Waals surface area contributed by atoms with E-state index in [1.54, 1.807) is 13.4 Å². The molecule has 0 radical (unpaired) electrons. The fourth-order valence-electron chi connectivity index (χ4n) is 3.87. The van der Waals surface area contributed by atoms with Crippen LogP contribution in [-0.2, 0) is 0 Å². The Hall–Kier alpha value is -4.16. The quantitative estimate of drug-likeness (QED) is 0.282. The van der Waals surface area contributed by atoms with Gasteiger partial charge in [0.2, 0.25) is 0 Å². The van der Waals surface area contributed by atoms with Gasteiger partial charge >= 0.3 is 0 Å². The van der Waals surface area contributed by atoms with Gasteiger partial charge in [-0.15, -0.1) is 0 Å². The molecule has 3 aromatic carbocycles. The molecule has 0 bridgehead atoms. The van der Waals surface area contributed by atoms with Gasteiger partial charge in [-0.3, -0.25) is 0 Å². The monoisotopic (exact) mass is 435 g/mol. The van der Waals surface area contributed by atoms with E-state index in [-0.39, 0.29) is 6.04 Å². The standard InChI is InChI=1S/C27H25N5O/c1-17(28)19-6-3-18(4-7-19)5-8-21-14-23-25(15-26(21)33-2)30-16-31-27(23)32-22-9-10-24-20(13-22)11-12-29-24/h3-17,29H,28H2,1-2H3,(H,30,31,32). The lowest BCUT2D eigenvalue weighted by Crippen LogP contribution is -2.04. The van der Waals surface area contributed by atoms with E-state index in [1.807, 2.05) is 37.4 Å². The first kappa shape index (κ1) is 20.7. The molecule has 0 spiro atoms. The number of benzene rings is 3.